The normalized spacial score (nSPS) is 12.3. The molecule has 0 bridgehead atoms. The average molecular weight is 268 g/mol. The van der Waals surface area contributed by atoms with Crippen LogP contribution in [0.3, 0.4) is 0 Å². The number of rotatable bonds is 9. The van der Waals surface area contributed by atoms with E-state index in [1.165, 1.54) is 11.3 Å². The minimum Gasteiger partial charge on any atom is -0.356 e. The molecule has 1 atom stereocenters. The monoisotopic (exact) mass is 268 g/mol. The summed E-state index contributed by atoms with van der Waals surface area (Å²) >= 11 is 1.81. The van der Waals surface area contributed by atoms with Gasteiger partial charge in [0.25, 0.3) is 0 Å². The Morgan fingerprint density at radius 1 is 1.44 bits per heavy atom. The van der Waals surface area contributed by atoms with Gasteiger partial charge < -0.3 is 11.1 Å². The van der Waals surface area contributed by atoms with E-state index in [1.54, 1.807) is 0 Å². The Morgan fingerprint density at radius 3 is 2.94 bits per heavy atom. The van der Waals surface area contributed by atoms with Crippen molar-refractivity contribution in [2.24, 2.45) is 5.73 Å². The van der Waals surface area contributed by atoms with E-state index in [0.717, 1.165) is 25.7 Å². The van der Waals surface area contributed by atoms with Crippen molar-refractivity contribution in [3.05, 3.63) is 22.4 Å². The lowest BCUT2D eigenvalue weighted by molar-refractivity contribution is -0.121. The topological polar surface area (TPSA) is 55.1 Å². The molecular weight excluding hydrogens is 244 g/mol. The molecule has 4 heteroatoms. The zero-order chi connectivity index (χ0) is 13.2. The first-order valence-electron chi connectivity index (χ1n) is 6.73. The van der Waals surface area contributed by atoms with Crippen molar-refractivity contribution in [3.8, 4) is 0 Å². The third kappa shape index (κ3) is 7.45. The van der Waals surface area contributed by atoms with Crippen LogP contribution in [0.4, 0.5) is 0 Å². The molecule has 18 heavy (non-hydrogen) atoms. The lowest BCUT2D eigenvalue weighted by Gasteiger charge is -2.07. The average Bonchev–Trinajstić information content (AvgIpc) is 2.81. The summed E-state index contributed by atoms with van der Waals surface area (Å²) < 4.78 is 0. The largest absolute Gasteiger partial charge is 0.356 e. The number of hydrogen-bond donors (Lipinski definition) is 2. The van der Waals surface area contributed by atoms with Crippen LogP contribution in [-0.2, 0) is 11.2 Å². The minimum absolute atomic E-state index is 0.159. The third-order valence-corrected chi connectivity index (χ3v) is 3.77. The molecule has 0 saturated heterocycles. The molecule has 1 aromatic heterocycles. The van der Waals surface area contributed by atoms with E-state index < -0.39 is 0 Å². The highest BCUT2D eigenvalue weighted by atomic mass is 32.1. The number of nitrogens with two attached hydrogens (primary N) is 1. The maximum Gasteiger partial charge on any atom is 0.219 e. The molecule has 1 unspecified atom stereocenters. The van der Waals surface area contributed by atoms with Crippen LogP contribution in [0, 0.1) is 0 Å². The molecule has 0 radical (unpaired) electrons. The van der Waals surface area contributed by atoms with E-state index >= 15 is 0 Å². The molecule has 0 aliphatic carbocycles. The number of amides is 1. The minimum atomic E-state index is 0.159. The summed E-state index contributed by atoms with van der Waals surface area (Å²) in [6.07, 6.45) is 5.92. The van der Waals surface area contributed by atoms with Crippen molar-refractivity contribution in [2.75, 3.05) is 6.54 Å². The highest BCUT2D eigenvalue weighted by Crippen LogP contribution is 2.13. The van der Waals surface area contributed by atoms with Gasteiger partial charge in [-0.2, -0.15) is 0 Å². The molecule has 1 amide bonds. The van der Waals surface area contributed by atoms with E-state index in [4.69, 9.17) is 5.73 Å². The lowest BCUT2D eigenvalue weighted by atomic mass is 10.1. The second-order valence-corrected chi connectivity index (χ2v) is 5.79. The van der Waals surface area contributed by atoms with Crippen molar-refractivity contribution in [1.29, 1.82) is 0 Å². The predicted molar refractivity (Wildman–Crippen MR) is 77.8 cm³/mol. The van der Waals surface area contributed by atoms with Crippen molar-refractivity contribution in [1.82, 2.24) is 5.32 Å². The Hall–Kier alpha value is -0.870. The van der Waals surface area contributed by atoms with E-state index in [9.17, 15) is 4.79 Å². The first kappa shape index (κ1) is 15.2. The maximum atomic E-state index is 11.5. The van der Waals surface area contributed by atoms with Crippen LogP contribution in [0.5, 0.6) is 0 Å². The first-order chi connectivity index (χ1) is 8.68. The summed E-state index contributed by atoms with van der Waals surface area (Å²) in [5.41, 5.74) is 5.61. The Labute approximate surface area is 114 Å². The van der Waals surface area contributed by atoms with Gasteiger partial charge in [-0.15, -0.1) is 11.3 Å². The van der Waals surface area contributed by atoms with Gasteiger partial charge in [0, 0.05) is 23.9 Å². The number of hydrogen-bond acceptors (Lipinski definition) is 3. The molecule has 0 aromatic carbocycles. The predicted octanol–water partition coefficient (Wildman–Crippen LogP) is 2.70. The van der Waals surface area contributed by atoms with Gasteiger partial charge in [-0.1, -0.05) is 12.5 Å². The number of aryl methyl sites for hydroxylation is 1. The Morgan fingerprint density at radius 2 is 2.28 bits per heavy atom. The molecule has 0 fully saturated rings. The lowest BCUT2D eigenvalue weighted by Crippen LogP contribution is -2.28. The van der Waals surface area contributed by atoms with Gasteiger partial charge in [0.05, 0.1) is 0 Å². The number of thiophene rings is 1. The molecule has 0 aliphatic rings. The molecule has 1 aromatic rings. The smallest absolute Gasteiger partial charge is 0.219 e. The number of nitrogens with one attached hydrogen (secondary N) is 1. The summed E-state index contributed by atoms with van der Waals surface area (Å²) in [5.74, 6) is 0.159. The quantitative estimate of drug-likeness (QED) is 0.677. The van der Waals surface area contributed by atoms with E-state index in [0.29, 0.717) is 13.0 Å². The highest BCUT2D eigenvalue weighted by Gasteiger charge is 2.01. The molecule has 0 aliphatic heterocycles. The van der Waals surface area contributed by atoms with Crippen LogP contribution < -0.4 is 11.1 Å². The zero-order valence-corrected chi connectivity index (χ0v) is 12.0. The molecule has 0 saturated carbocycles. The molecule has 3 nitrogen and oxygen atoms in total. The van der Waals surface area contributed by atoms with E-state index in [-0.39, 0.29) is 11.9 Å². The fourth-order valence-corrected chi connectivity index (χ4v) is 2.50. The molecule has 1 heterocycles. The number of unbranched alkanes of at least 4 members (excludes halogenated alkanes) is 2. The standard InChI is InChI=1S/C14H24N2OS/c1-12(15)9-10-16-14(17)8-4-2-3-6-13-7-5-11-18-13/h5,7,11-12H,2-4,6,8-10,15H2,1H3,(H,16,17). The van der Waals surface area contributed by atoms with Crippen molar-refractivity contribution in [3.63, 3.8) is 0 Å². The highest BCUT2D eigenvalue weighted by molar-refractivity contribution is 7.09. The van der Waals surface area contributed by atoms with Crippen LogP contribution >= 0.6 is 11.3 Å². The van der Waals surface area contributed by atoms with Gasteiger partial charge in [0.2, 0.25) is 5.91 Å². The maximum absolute atomic E-state index is 11.5. The molecule has 0 spiro atoms. The van der Waals surface area contributed by atoms with Gasteiger partial charge in [-0.05, 0) is 44.1 Å². The van der Waals surface area contributed by atoms with Crippen molar-refractivity contribution in [2.45, 2.75) is 51.5 Å². The van der Waals surface area contributed by atoms with E-state index in [1.807, 2.05) is 18.3 Å². The van der Waals surface area contributed by atoms with Crippen LogP contribution in [0.25, 0.3) is 0 Å². The van der Waals surface area contributed by atoms with Gasteiger partial charge in [-0.25, -0.2) is 0 Å². The summed E-state index contributed by atoms with van der Waals surface area (Å²) in [5, 5.41) is 5.01. The second kappa shape index (κ2) is 9.11. The van der Waals surface area contributed by atoms with Gasteiger partial charge >= 0.3 is 0 Å². The molecule has 3 N–H and O–H groups in total. The number of carbonyl (C=O) groups excluding carboxylic acids is 1. The summed E-state index contributed by atoms with van der Waals surface area (Å²) in [4.78, 5) is 12.9. The SMILES string of the molecule is CC(N)CCNC(=O)CCCCCc1cccs1. The van der Waals surface area contributed by atoms with Crippen molar-refractivity contribution < 1.29 is 4.79 Å². The van der Waals surface area contributed by atoms with E-state index in [2.05, 4.69) is 22.8 Å². The Bertz CT molecular complexity index is 323. The zero-order valence-electron chi connectivity index (χ0n) is 11.2. The fraction of sp³-hybridized carbons (Fsp3) is 0.643. The van der Waals surface area contributed by atoms with Crippen LogP contribution in [0.1, 0.15) is 43.9 Å². The molecule has 102 valence electrons. The summed E-state index contributed by atoms with van der Waals surface area (Å²) in [6, 6.07) is 4.42. The Kier molecular flexibility index (Phi) is 7.69. The van der Waals surface area contributed by atoms with Gasteiger partial charge in [0.1, 0.15) is 0 Å². The van der Waals surface area contributed by atoms with Crippen LogP contribution in [0.2, 0.25) is 0 Å². The third-order valence-electron chi connectivity index (χ3n) is 2.83. The van der Waals surface area contributed by atoms with Crippen LogP contribution in [0.15, 0.2) is 17.5 Å². The second-order valence-electron chi connectivity index (χ2n) is 4.76. The molecule has 1 rings (SSSR count). The summed E-state index contributed by atoms with van der Waals surface area (Å²) in [6.45, 7) is 2.66. The Balaban J connectivity index is 1.92. The van der Waals surface area contributed by atoms with Gasteiger partial charge in [0.15, 0.2) is 0 Å². The molecular formula is C14H24N2OS. The summed E-state index contributed by atoms with van der Waals surface area (Å²) in [7, 11) is 0. The number of carbonyl (C=O) groups is 1. The fourth-order valence-electron chi connectivity index (χ4n) is 1.74. The van der Waals surface area contributed by atoms with Crippen molar-refractivity contribution >= 4 is 17.2 Å². The van der Waals surface area contributed by atoms with Gasteiger partial charge in [-0.3, -0.25) is 4.79 Å². The van der Waals surface area contributed by atoms with Crippen LogP contribution in [-0.4, -0.2) is 18.5 Å². The first-order valence-corrected chi connectivity index (χ1v) is 7.61.